The Balaban J connectivity index is 1.25. The summed E-state index contributed by atoms with van der Waals surface area (Å²) in [6.45, 7) is 5.25. The van der Waals surface area contributed by atoms with Gasteiger partial charge >= 0.3 is 6.03 Å². The number of likely N-dealkylation sites (tertiary alicyclic amines) is 1. The summed E-state index contributed by atoms with van der Waals surface area (Å²) < 4.78 is 0. The maximum absolute atomic E-state index is 13.8. The second kappa shape index (κ2) is 10.4. The summed E-state index contributed by atoms with van der Waals surface area (Å²) in [5.74, 6) is -0.0385. The lowest BCUT2D eigenvalue weighted by atomic mass is 9.85. The topological polar surface area (TPSA) is 47.1 Å². The van der Waals surface area contributed by atoms with Crippen LogP contribution in [0, 0.1) is 0 Å². The quantitative estimate of drug-likeness (QED) is 0.420. The molecule has 3 amide bonds. The van der Waals surface area contributed by atoms with Crippen LogP contribution in [0.1, 0.15) is 30.9 Å². The van der Waals surface area contributed by atoms with E-state index in [1.807, 2.05) is 50.2 Å². The van der Waals surface area contributed by atoms with Gasteiger partial charge in [-0.05, 0) is 53.8 Å². The predicted molar refractivity (Wildman–Crippen MR) is 150 cm³/mol. The minimum absolute atomic E-state index is 0.0385. The molecule has 2 heterocycles. The number of rotatable bonds is 7. The number of anilines is 1. The maximum atomic E-state index is 13.8. The number of likely N-dealkylation sites (N-methyl/N-ethyl adjacent to an activating group) is 1. The van der Waals surface area contributed by atoms with Crippen LogP contribution in [0.2, 0.25) is 0 Å². The van der Waals surface area contributed by atoms with Gasteiger partial charge < -0.3 is 9.80 Å². The van der Waals surface area contributed by atoms with Gasteiger partial charge in [0.25, 0.3) is 5.91 Å². The Morgan fingerprint density at radius 1 is 0.919 bits per heavy atom. The van der Waals surface area contributed by atoms with Crippen molar-refractivity contribution in [1.82, 2.24) is 14.7 Å². The van der Waals surface area contributed by atoms with Crippen LogP contribution >= 0.6 is 0 Å². The zero-order valence-corrected chi connectivity index (χ0v) is 22.1. The number of hydrogen-bond acceptors (Lipinski definition) is 4. The monoisotopic (exact) mass is 496 g/mol. The molecular weight excluding hydrogens is 460 g/mol. The van der Waals surface area contributed by atoms with Crippen molar-refractivity contribution in [1.29, 1.82) is 0 Å². The van der Waals surface area contributed by atoms with Gasteiger partial charge in [0.05, 0.1) is 6.54 Å². The summed E-state index contributed by atoms with van der Waals surface area (Å²) in [7, 11) is 4.08. The van der Waals surface area contributed by atoms with Gasteiger partial charge in [0.1, 0.15) is 5.54 Å². The molecule has 0 N–H and O–H groups in total. The zero-order valence-electron chi connectivity index (χ0n) is 22.1. The second-order valence-electron chi connectivity index (χ2n) is 10.3. The number of nitrogens with zero attached hydrogens (tertiary/aromatic N) is 4. The highest BCUT2D eigenvalue weighted by Gasteiger charge is 2.57. The standard InChI is InChI=1S/C31H36N4O2/c1-4-35-30(37)34(23-26-12-7-11-25-10-5-6-13-28(25)26)29(36)31(35)18-21-33(22-19-31)20-8-9-24-14-16-27(17-15-24)32(2)3/h5-17H,4,18-23H2,1-3H3. The molecule has 37 heavy (non-hydrogen) atoms. The van der Waals surface area contributed by atoms with Crippen LogP contribution in [0.4, 0.5) is 10.5 Å². The van der Waals surface area contributed by atoms with Gasteiger partial charge in [-0.25, -0.2) is 4.79 Å². The summed E-state index contributed by atoms with van der Waals surface area (Å²) in [5, 5.41) is 2.21. The largest absolute Gasteiger partial charge is 0.378 e. The van der Waals surface area contributed by atoms with E-state index in [1.165, 1.54) is 16.2 Å². The molecule has 0 atom stereocenters. The first-order valence-electron chi connectivity index (χ1n) is 13.2. The molecule has 5 rings (SSSR count). The van der Waals surface area contributed by atoms with Gasteiger partial charge in [-0.15, -0.1) is 0 Å². The van der Waals surface area contributed by atoms with Gasteiger partial charge in [0.2, 0.25) is 0 Å². The highest BCUT2D eigenvalue weighted by Crippen LogP contribution is 2.38. The summed E-state index contributed by atoms with van der Waals surface area (Å²) in [4.78, 5) is 35.0. The van der Waals surface area contributed by atoms with E-state index in [0.29, 0.717) is 25.9 Å². The van der Waals surface area contributed by atoms with Crippen LogP contribution in [0.5, 0.6) is 0 Å². The average Bonchev–Trinajstić information content (AvgIpc) is 3.10. The Bertz CT molecular complexity index is 1300. The van der Waals surface area contributed by atoms with Crippen molar-refractivity contribution in [3.8, 4) is 0 Å². The number of hydrogen-bond donors (Lipinski definition) is 0. The van der Waals surface area contributed by atoms with Crippen LogP contribution in [0.25, 0.3) is 16.8 Å². The Hall–Kier alpha value is -3.64. The number of amides is 3. The molecule has 0 aromatic heterocycles. The molecule has 0 saturated carbocycles. The first kappa shape index (κ1) is 25.0. The molecule has 3 aromatic carbocycles. The van der Waals surface area contributed by atoms with E-state index < -0.39 is 5.54 Å². The zero-order chi connectivity index (χ0) is 26.0. The number of benzene rings is 3. The van der Waals surface area contributed by atoms with Crippen molar-refractivity contribution >= 4 is 34.5 Å². The molecule has 1 spiro atoms. The fraction of sp³-hybridized carbons (Fsp3) is 0.355. The SMILES string of the molecule is CCN1C(=O)N(Cc2cccc3ccccc23)C(=O)C12CCN(CC=Cc1ccc(N(C)C)cc1)CC2. The van der Waals surface area contributed by atoms with Crippen molar-refractivity contribution < 1.29 is 9.59 Å². The number of carbonyl (C=O) groups excluding carboxylic acids is 2. The van der Waals surface area contributed by atoms with Gasteiger partial charge in [0.15, 0.2) is 0 Å². The molecule has 6 heteroatoms. The normalized spacial score (nSPS) is 18.0. The third-order valence-electron chi connectivity index (χ3n) is 7.91. The van der Waals surface area contributed by atoms with E-state index in [1.54, 1.807) is 0 Å². The minimum atomic E-state index is -0.724. The number of piperidine rings is 1. The molecule has 0 bridgehead atoms. The number of urea groups is 1. The highest BCUT2D eigenvalue weighted by molar-refractivity contribution is 6.07. The Morgan fingerprint density at radius 2 is 1.62 bits per heavy atom. The first-order chi connectivity index (χ1) is 17.9. The summed E-state index contributed by atoms with van der Waals surface area (Å²) in [6, 6.07) is 22.6. The van der Waals surface area contributed by atoms with Crippen LogP contribution < -0.4 is 4.90 Å². The molecule has 2 aliphatic heterocycles. The fourth-order valence-corrected chi connectivity index (χ4v) is 5.77. The number of fused-ring (bicyclic) bond motifs is 1. The lowest BCUT2D eigenvalue weighted by Crippen LogP contribution is -2.56. The number of imide groups is 1. The van der Waals surface area contributed by atoms with E-state index in [9.17, 15) is 9.59 Å². The van der Waals surface area contributed by atoms with E-state index in [4.69, 9.17) is 0 Å². The molecule has 192 valence electrons. The van der Waals surface area contributed by atoms with E-state index >= 15 is 0 Å². The van der Waals surface area contributed by atoms with Gasteiger partial charge in [-0.3, -0.25) is 14.6 Å². The molecular formula is C31H36N4O2. The van der Waals surface area contributed by atoms with Gasteiger partial charge in [-0.1, -0.05) is 66.7 Å². The molecule has 0 aliphatic carbocycles. The van der Waals surface area contributed by atoms with Crippen molar-refractivity contribution in [2.24, 2.45) is 0 Å². The summed E-state index contributed by atoms with van der Waals surface area (Å²) in [5.41, 5.74) is 2.65. The average molecular weight is 497 g/mol. The van der Waals surface area contributed by atoms with E-state index in [-0.39, 0.29) is 11.9 Å². The molecule has 6 nitrogen and oxygen atoms in total. The van der Waals surface area contributed by atoms with E-state index in [2.05, 4.69) is 64.4 Å². The molecule has 3 aromatic rings. The minimum Gasteiger partial charge on any atom is -0.378 e. The maximum Gasteiger partial charge on any atom is 0.327 e. The van der Waals surface area contributed by atoms with Crippen molar-refractivity contribution in [3.63, 3.8) is 0 Å². The third-order valence-corrected chi connectivity index (χ3v) is 7.91. The molecule has 2 fully saturated rings. The highest BCUT2D eigenvalue weighted by atomic mass is 16.2. The Kier molecular flexibility index (Phi) is 7.02. The molecule has 0 unspecified atom stereocenters. The lowest BCUT2D eigenvalue weighted by Gasteiger charge is -2.41. The van der Waals surface area contributed by atoms with Crippen molar-refractivity contribution in [2.45, 2.75) is 31.8 Å². The van der Waals surface area contributed by atoms with Crippen LogP contribution in [-0.2, 0) is 11.3 Å². The summed E-state index contributed by atoms with van der Waals surface area (Å²) >= 11 is 0. The van der Waals surface area contributed by atoms with Crippen LogP contribution in [0.15, 0.2) is 72.8 Å². The van der Waals surface area contributed by atoms with Gasteiger partial charge in [0, 0.05) is 46.0 Å². The molecule has 0 radical (unpaired) electrons. The number of carbonyl (C=O) groups is 2. The Labute approximate surface area is 219 Å². The third kappa shape index (κ3) is 4.74. The lowest BCUT2D eigenvalue weighted by molar-refractivity contribution is -0.135. The van der Waals surface area contributed by atoms with Crippen molar-refractivity contribution in [3.05, 3.63) is 83.9 Å². The van der Waals surface area contributed by atoms with Gasteiger partial charge in [-0.2, -0.15) is 0 Å². The van der Waals surface area contributed by atoms with Crippen molar-refractivity contribution in [2.75, 3.05) is 45.2 Å². The Morgan fingerprint density at radius 3 is 2.32 bits per heavy atom. The van der Waals surface area contributed by atoms with E-state index in [0.717, 1.165) is 36.0 Å². The molecule has 2 aliphatic rings. The van der Waals surface area contributed by atoms with Crippen LogP contribution in [0.3, 0.4) is 0 Å². The second-order valence-corrected chi connectivity index (χ2v) is 10.3. The smallest absolute Gasteiger partial charge is 0.327 e. The molecule has 2 saturated heterocycles. The first-order valence-corrected chi connectivity index (χ1v) is 13.2. The predicted octanol–water partition coefficient (Wildman–Crippen LogP) is 5.24. The van der Waals surface area contributed by atoms with Crippen LogP contribution in [-0.4, -0.2) is 72.5 Å². The summed E-state index contributed by atoms with van der Waals surface area (Å²) in [6.07, 6.45) is 5.68. The fourth-order valence-electron chi connectivity index (χ4n) is 5.77.